The lowest BCUT2D eigenvalue weighted by molar-refractivity contribution is 0.289. The largest absolute Gasteiger partial charge is 0.395 e. The molecule has 1 aromatic rings. The number of halogens is 1. The molecule has 0 spiro atoms. The number of nitrogens with zero attached hydrogens (tertiary/aromatic N) is 2. The van der Waals surface area contributed by atoms with Gasteiger partial charge in [0.05, 0.1) is 11.6 Å². The Morgan fingerprint density at radius 1 is 1.35 bits per heavy atom. The highest BCUT2D eigenvalue weighted by Gasteiger charge is 2.23. The SMILES string of the molecule is OCCN(c1ncccc1Cl)C1CCCCC1. The summed E-state index contributed by atoms with van der Waals surface area (Å²) < 4.78 is 0. The van der Waals surface area contributed by atoms with E-state index in [1.54, 1.807) is 6.20 Å². The molecule has 0 amide bonds. The molecule has 1 aromatic heterocycles. The average Bonchev–Trinajstić information content (AvgIpc) is 2.38. The molecule has 17 heavy (non-hydrogen) atoms. The Balaban J connectivity index is 2.18. The fraction of sp³-hybridized carbons (Fsp3) is 0.615. The van der Waals surface area contributed by atoms with Crippen molar-refractivity contribution in [3.63, 3.8) is 0 Å². The van der Waals surface area contributed by atoms with Crippen LogP contribution in [-0.4, -0.2) is 29.3 Å². The predicted octanol–water partition coefficient (Wildman–Crippen LogP) is 2.87. The van der Waals surface area contributed by atoms with Crippen molar-refractivity contribution in [3.05, 3.63) is 23.4 Å². The number of aliphatic hydroxyl groups excluding tert-OH is 1. The van der Waals surface area contributed by atoms with Crippen LogP contribution >= 0.6 is 11.6 Å². The maximum absolute atomic E-state index is 9.21. The summed E-state index contributed by atoms with van der Waals surface area (Å²) in [6.45, 7) is 0.755. The molecule has 3 nitrogen and oxygen atoms in total. The van der Waals surface area contributed by atoms with Crippen molar-refractivity contribution in [2.45, 2.75) is 38.1 Å². The highest BCUT2D eigenvalue weighted by atomic mass is 35.5. The molecule has 1 N–H and O–H groups in total. The number of hydrogen-bond acceptors (Lipinski definition) is 3. The van der Waals surface area contributed by atoms with Gasteiger partial charge in [-0.05, 0) is 25.0 Å². The zero-order valence-corrected chi connectivity index (χ0v) is 10.7. The van der Waals surface area contributed by atoms with E-state index in [0.717, 1.165) is 5.82 Å². The van der Waals surface area contributed by atoms with Crippen LogP contribution in [0.25, 0.3) is 0 Å². The monoisotopic (exact) mass is 254 g/mol. The second-order valence-electron chi connectivity index (χ2n) is 4.52. The summed E-state index contributed by atoms with van der Waals surface area (Å²) in [5.41, 5.74) is 0. The van der Waals surface area contributed by atoms with Gasteiger partial charge in [-0.1, -0.05) is 30.9 Å². The van der Waals surface area contributed by atoms with Gasteiger partial charge in [-0.15, -0.1) is 0 Å². The van der Waals surface area contributed by atoms with Gasteiger partial charge in [0.2, 0.25) is 0 Å². The molecular weight excluding hydrogens is 236 g/mol. The van der Waals surface area contributed by atoms with Crippen LogP contribution < -0.4 is 4.90 Å². The summed E-state index contributed by atoms with van der Waals surface area (Å²) in [7, 11) is 0. The summed E-state index contributed by atoms with van der Waals surface area (Å²) in [6, 6.07) is 4.17. The molecule has 2 rings (SSSR count). The van der Waals surface area contributed by atoms with Crippen molar-refractivity contribution in [3.8, 4) is 0 Å². The third-order valence-electron chi connectivity index (χ3n) is 3.37. The Hall–Kier alpha value is -0.800. The molecule has 0 aromatic carbocycles. The molecule has 1 aliphatic carbocycles. The van der Waals surface area contributed by atoms with Gasteiger partial charge in [-0.25, -0.2) is 4.98 Å². The Labute approximate surface area is 107 Å². The lowest BCUT2D eigenvalue weighted by atomic mass is 9.94. The van der Waals surface area contributed by atoms with E-state index >= 15 is 0 Å². The van der Waals surface area contributed by atoms with Crippen molar-refractivity contribution in [1.82, 2.24) is 4.98 Å². The molecule has 4 heteroatoms. The van der Waals surface area contributed by atoms with E-state index in [4.69, 9.17) is 11.6 Å². The highest BCUT2D eigenvalue weighted by Crippen LogP contribution is 2.29. The number of anilines is 1. The first-order valence-corrected chi connectivity index (χ1v) is 6.68. The molecule has 1 fully saturated rings. The molecule has 0 radical (unpaired) electrons. The maximum atomic E-state index is 9.21. The van der Waals surface area contributed by atoms with Gasteiger partial charge in [0, 0.05) is 18.8 Å². The molecule has 0 atom stereocenters. The number of aromatic nitrogens is 1. The number of pyridine rings is 1. The Bertz CT molecular complexity index is 353. The number of rotatable bonds is 4. The van der Waals surface area contributed by atoms with Crippen molar-refractivity contribution in [2.24, 2.45) is 0 Å². The zero-order valence-electron chi connectivity index (χ0n) is 9.98. The Morgan fingerprint density at radius 3 is 2.76 bits per heavy atom. The first-order chi connectivity index (χ1) is 8.33. The Kier molecular flexibility index (Phi) is 4.63. The van der Waals surface area contributed by atoms with Crippen molar-refractivity contribution in [1.29, 1.82) is 0 Å². The van der Waals surface area contributed by atoms with Crippen molar-refractivity contribution < 1.29 is 5.11 Å². The lowest BCUT2D eigenvalue weighted by Crippen LogP contribution is -2.39. The van der Waals surface area contributed by atoms with Crippen LogP contribution in [0.4, 0.5) is 5.82 Å². The molecule has 0 aliphatic heterocycles. The molecular formula is C13H19ClN2O. The highest BCUT2D eigenvalue weighted by molar-refractivity contribution is 6.32. The van der Waals surface area contributed by atoms with Crippen LogP contribution in [0.5, 0.6) is 0 Å². The van der Waals surface area contributed by atoms with Gasteiger partial charge in [-0.3, -0.25) is 0 Å². The van der Waals surface area contributed by atoms with E-state index < -0.39 is 0 Å². The van der Waals surface area contributed by atoms with E-state index in [1.165, 1.54) is 32.1 Å². The summed E-state index contributed by atoms with van der Waals surface area (Å²) in [5, 5.41) is 9.88. The molecule has 1 saturated carbocycles. The van der Waals surface area contributed by atoms with Gasteiger partial charge in [0.25, 0.3) is 0 Å². The topological polar surface area (TPSA) is 36.4 Å². The van der Waals surface area contributed by atoms with Crippen molar-refractivity contribution in [2.75, 3.05) is 18.1 Å². The molecule has 0 saturated heterocycles. The molecule has 94 valence electrons. The molecule has 0 unspecified atom stereocenters. The summed E-state index contributed by atoms with van der Waals surface area (Å²) >= 11 is 6.19. The van der Waals surface area contributed by atoms with E-state index in [2.05, 4.69) is 9.88 Å². The van der Waals surface area contributed by atoms with Crippen LogP contribution in [0.1, 0.15) is 32.1 Å². The predicted molar refractivity (Wildman–Crippen MR) is 70.6 cm³/mol. The number of aliphatic hydroxyl groups is 1. The van der Waals surface area contributed by atoms with E-state index in [0.29, 0.717) is 17.6 Å². The second kappa shape index (κ2) is 6.22. The zero-order chi connectivity index (χ0) is 12.1. The van der Waals surface area contributed by atoms with Crippen LogP contribution in [-0.2, 0) is 0 Å². The van der Waals surface area contributed by atoms with Crippen LogP contribution in [0.2, 0.25) is 5.02 Å². The van der Waals surface area contributed by atoms with Crippen LogP contribution in [0.15, 0.2) is 18.3 Å². The fourth-order valence-corrected chi connectivity index (χ4v) is 2.78. The smallest absolute Gasteiger partial charge is 0.147 e. The van der Waals surface area contributed by atoms with E-state index in [9.17, 15) is 5.11 Å². The normalized spacial score (nSPS) is 17.1. The van der Waals surface area contributed by atoms with Gasteiger partial charge in [-0.2, -0.15) is 0 Å². The average molecular weight is 255 g/mol. The molecule has 0 bridgehead atoms. The first kappa shape index (κ1) is 12.7. The summed E-state index contributed by atoms with van der Waals surface area (Å²) in [5.74, 6) is 0.815. The van der Waals surface area contributed by atoms with Gasteiger partial charge < -0.3 is 10.0 Å². The summed E-state index contributed by atoms with van der Waals surface area (Å²) in [6.07, 6.45) is 7.95. The Morgan fingerprint density at radius 2 is 2.12 bits per heavy atom. The van der Waals surface area contributed by atoms with E-state index in [-0.39, 0.29) is 6.61 Å². The minimum absolute atomic E-state index is 0.142. The standard InChI is InChI=1S/C13H19ClN2O/c14-12-7-4-8-15-13(12)16(9-10-17)11-5-2-1-3-6-11/h4,7-8,11,17H,1-3,5-6,9-10H2. The number of hydrogen-bond donors (Lipinski definition) is 1. The van der Waals surface area contributed by atoms with Crippen LogP contribution in [0, 0.1) is 0 Å². The minimum atomic E-state index is 0.142. The third-order valence-corrected chi connectivity index (χ3v) is 3.66. The quantitative estimate of drug-likeness (QED) is 0.898. The van der Waals surface area contributed by atoms with Crippen LogP contribution in [0.3, 0.4) is 0 Å². The molecule has 1 aliphatic rings. The van der Waals surface area contributed by atoms with Gasteiger partial charge in [0.15, 0.2) is 0 Å². The van der Waals surface area contributed by atoms with E-state index in [1.807, 2.05) is 12.1 Å². The minimum Gasteiger partial charge on any atom is -0.395 e. The second-order valence-corrected chi connectivity index (χ2v) is 4.92. The first-order valence-electron chi connectivity index (χ1n) is 6.31. The third kappa shape index (κ3) is 3.11. The van der Waals surface area contributed by atoms with Crippen molar-refractivity contribution >= 4 is 17.4 Å². The summed E-state index contributed by atoms with van der Waals surface area (Å²) in [4.78, 5) is 6.52. The van der Waals surface area contributed by atoms with Gasteiger partial charge >= 0.3 is 0 Å². The fourth-order valence-electron chi connectivity index (χ4n) is 2.55. The molecule has 1 heterocycles. The van der Waals surface area contributed by atoms with Gasteiger partial charge in [0.1, 0.15) is 5.82 Å². The lowest BCUT2D eigenvalue weighted by Gasteiger charge is -2.35. The maximum Gasteiger partial charge on any atom is 0.147 e.